The van der Waals surface area contributed by atoms with E-state index in [1.807, 2.05) is 10.8 Å². The summed E-state index contributed by atoms with van der Waals surface area (Å²) in [5, 5.41) is 2.81. The summed E-state index contributed by atoms with van der Waals surface area (Å²) in [5.74, 6) is -0.104. The van der Waals surface area contributed by atoms with Gasteiger partial charge in [0.25, 0.3) is 0 Å². The zero-order chi connectivity index (χ0) is 12.5. The van der Waals surface area contributed by atoms with E-state index < -0.39 is 6.04 Å². The Bertz CT molecular complexity index is 334. The number of nitrogens with two attached hydrogens (primary N) is 1. The molecule has 0 aromatic carbocycles. The van der Waals surface area contributed by atoms with Gasteiger partial charge >= 0.3 is 0 Å². The molecule has 1 heterocycles. The van der Waals surface area contributed by atoms with E-state index in [0.717, 1.165) is 19.4 Å². The third-order valence-electron chi connectivity index (χ3n) is 2.46. The van der Waals surface area contributed by atoms with E-state index in [9.17, 15) is 4.79 Å². The predicted octanol–water partition coefficient (Wildman–Crippen LogP) is 0.683. The molecule has 0 saturated heterocycles. The largest absolute Gasteiger partial charge is 0.355 e. The molecule has 1 atom stereocenters. The molecule has 0 aliphatic rings. The maximum atomic E-state index is 11.4. The number of nitrogens with zero attached hydrogens (tertiary/aromatic N) is 2. The smallest absolute Gasteiger partial charge is 0.237 e. The van der Waals surface area contributed by atoms with E-state index in [0.29, 0.717) is 13.0 Å². The van der Waals surface area contributed by atoms with Crippen LogP contribution >= 0.6 is 0 Å². The van der Waals surface area contributed by atoms with Gasteiger partial charge in [-0.2, -0.15) is 0 Å². The fourth-order valence-electron chi connectivity index (χ4n) is 1.47. The summed E-state index contributed by atoms with van der Waals surface area (Å²) in [6.07, 6.45) is 9.59. The van der Waals surface area contributed by atoms with Gasteiger partial charge in [-0.3, -0.25) is 4.79 Å². The van der Waals surface area contributed by atoms with Crippen molar-refractivity contribution >= 4 is 5.91 Å². The molecule has 0 aliphatic carbocycles. The van der Waals surface area contributed by atoms with Gasteiger partial charge in [0.15, 0.2) is 0 Å². The summed E-state index contributed by atoms with van der Waals surface area (Å²) >= 11 is 0. The minimum Gasteiger partial charge on any atom is -0.355 e. The average molecular weight is 236 g/mol. The molecule has 0 bridgehead atoms. The molecule has 1 aromatic rings. The number of carbonyl (C=O) groups is 1. The van der Waals surface area contributed by atoms with E-state index >= 15 is 0 Å². The monoisotopic (exact) mass is 236 g/mol. The zero-order valence-corrected chi connectivity index (χ0v) is 10.0. The number of nitrogens with one attached hydrogen (secondary N) is 1. The second kappa shape index (κ2) is 7.62. The van der Waals surface area contributed by atoms with E-state index in [2.05, 4.69) is 16.9 Å². The number of hydrogen-bond donors (Lipinski definition) is 2. The maximum Gasteiger partial charge on any atom is 0.237 e. The molecule has 17 heavy (non-hydrogen) atoms. The van der Waals surface area contributed by atoms with Crippen LogP contribution in [0.25, 0.3) is 0 Å². The molecule has 1 aromatic heterocycles. The van der Waals surface area contributed by atoms with Gasteiger partial charge in [-0.05, 0) is 19.3 Å². The van der Waals surface area contributed by atoms with Gasteiger partial charge in [0.2, 0.25) is 5.91 Å². The fourth-order valence-corrected chi connectivity index (χ4v) is 1.47. The normalized spacial score (nSPS) is 12.1. The molecular weight excluding hydrogens is 216 g/mol. The van der Waals surface area contributed by atoms with Gasteiger partial charge in [-0.15, -0.1) is 6.58 Å². The number of aryl methyl sites for hydroxylation is 1. The molecule has 1 rings (SSSR count). The highest BCUT2D eigenvalue weighted by molar-refractivity contribution is 5.81. The fraction of sp³-hybridized carbons (Fsp3) is 0.500. The molecule has 0 fully saturated rings. The molecule has 1 amide bonds. The van der Waals surface area contributed by atoms with Crippen molar-refractivity contribution in [2.24, 2.45) is 5.73 Å². The topological polar surface area (TPSA) is 72.9 Å². The minimum atomic E-state index is -0.471. The van der Waals surface area contributed by atoms with Crippen molar-refractivity contribution in [3.63, 3.8) is 0 Å². The summed E-state index contributed by atoms with van der Waals surface area (Å²) in [6.45, 7) is 5.14. The Kier molecular flexibility index (Phi) is 6.03. The van der Waals surface area contributed by atoms with Crippen molar-refractivity contribution in [1.29, 1.82) is 0 Å². The lowest BCUT2D eigenvalue weighted by molar-refractivity contribution is -0.122. The van der Waals surface area contributed by atoms with Gasteiger partial charge in [0.1, 0.15) is 0 Å². The van der Waals surface area contributed by atoms with Crippen molar-refractivity contribution in [1.82, 2.24) is 14.9 Å². The first-order valence-corrected chi connectivity index (χ1v) is 5.84. The van der Waals surface area contributed by atoms with Crippen LogP contribution in [0.5, 0.6) is 0 Å². The van der Waals surface area contributed by atoms with Crippen molar-refractivity contribution < 1.29 is 4.79 Å². The van der Waals surface area contributed by atoms with Crippen LogP contribution in [0.4, 0.5) is 0 Å². The Morgan fingerprint density at radius 3 is 3.06 bits per heavy atom. The molecule has 3 N–H and O–H groups in total. The zero-order valence-electron chi connectivity index (χ0n) is 10.0. The molecule has 94 valence electrons. The van der Waals surface area contributed by atoms with Gasteiger partial charge in [0.05, 0.1) is 12.4 Å². The highest BCUT2D eigenvalue weighted by Crippen LogP contribution is 1.95. The van der Waals surface area contributed by atoms with Crippen LogP contribution in [0.2, 0.25) is 0 Å². The Balaban J connectivity index is 2.04. The first kappa shape index (κ1) is 13.4. The lowest BCUT2D eigenvalue weighted by atomic mass is 10.2. The predicted molar refractivity (Wildman–Crippen MR) is 67.3 cm³/mol. The number of imidazole rings is 1. The number of hydrogen-bond acceptors (Lipinski definition) is 3. The minimum absolute atomic E-state index is 0.104. The molecule has 0 radical (unpaired) electrons. The quantitative estimate of drug-likeness (QED) is 0.515. The number of carbonyl (C=O) groups excluding carboxylic acids is 1. The molecular formula is C12H20N4O. The SMILES string of the molecule is C=CCC(N)C(=O)NCCCCn1ccnc1. The lowest BCUT2D eigenvalue weighted by Gasteiger charge is -2.10. The van der Waals surface area contributed by atoms with Crippen LogP contribution in [-0.2, 0) is 11.3 Å². The summed E-state index contributed by atoms with van der Waals surface area (Å²) in [7, 11) is 0. The number of rotatable bonds is 8. The van der Waals surface area contributed by atoms with Gasteiger partial charge in [-0.25, -0.2) is 4.98 Å². The highest BCUT2D eigenvalue weighted by atomic mass is 16.2. The van der Waals surface area contributed by atoms with Crippen LogP contribution in [0.1, 0.15) is 19.3 Å². The number of aromatic nitrogens is 2. The van der Waals surface area contributed by atoms with Gasteiger partial charge in [0, 0.05) is 25.5 Å². The van der Waals surface area contributed by atoms with Gasteiger partial charge in [-0.1, -0.05) is 6.08 Å². The molecule has 1 unspecified atom stereocenters. The molecule has 5 nitrogen and oxygen atoms in total. The lowest BCUT2D eigenvalue weighted by Crippen LogP contribution is -2.40. The molecule has 0 aliphatic heterocycles. The first-order valence-electron chi connectivity index (χ1n) is 5.84. The van der Waals surface area contributed by atoms with Crippen LogP contribution in [0.3, 0.4) is 0 Å². The van der Waals surface area contributed by atoms with Crippen molar-refractivity contribution in [2.45, 2.75) is 31.8 Å². The molecule has 0 saturated carbocycles. The van der Waals surface area contributed by atoms with E-state index in [-0.39, 0.29) is 5.91 Å². The summed E-state index contributed by atoms with van der Waals surface area (Å²) < 4.78 is 2.02. The third-order valence-corrected chi connectivity index (χ3v) is 2.46. The average Bonchev–Trinajstić information content (AvgIpc) is 2.81. The highest BCUT2D eigenvalue weighted by Gasteiger charge is 2.09. The second-order valence-electron chi connectivity index (χ2n) is 3.93. The van der Waals surface area contributed by atoms with E-state index in [1.165, 1.54) is 0 Å². The van der Waals surface area contributed by atoms with Crippen LogP contribution in [0.15, 0.2) is 31.4 Å². The van der Waals surface area contributed by atoms with Crippen LogP contribution in [0, 0.1) is 0 Å². The number of amides is 1. The van der Waals surface area contributed by atoms with Gasteiger partial charge < -0.3 is 15.6 Å². The van der Waals surface area contributed by atoms with Crippen molar-refractivity contribution in [3.8, 4) is 0 Å². The van der Waals surface area contributed by atoms with E-state index in [4.69, 9.17) is 5.73 Å². The summed E-state index contributed by atoms with van der Waals surface area (Å²) in [5.41, 5.74) is 5.62. The number of unbranched alkanes of at least 4 members (excludes halogenated alkanes) is 1. The van der Waals surface area contributed by atoms with E-state index in [1.54, 1.807) is 18.6 Å². The standard InChI is InChI=1S/C12H20N4O/c1-2-5-11(13)12(17)15-6-3-4-8-16-9-7-14-10-16/h2,7,9-11H,1,3-6,8,13H2,(H,15,17). The van der Waals surface area contributed by atoms with Crippen molar-refractivity contribution in [3.05, 3.63) is 31.4 Å². The maximum absolute atomic E-state index is 11.4. The third kappa shape index (κ3) is 5.31. The Morgan fingerprint density at radius 2 is 2.41 bits per heavy atom. The Labute approximate surface area is 102 Å². The molecule has 0 spiro atoms. The second-order valence-corrected chi connectivity index (χ2v) is 3.93. The summed E-state index contributed by atoms with van der Waals surface area (Å²) in [6, 6.07) is -0.471. The van der Waals surface area contributed by atoms with Crippen LogP contribution < -0.4 is 11.1 Å². The Morgan fingerprint density at radius 1 is 1.59 bits per heavy atom. The summed E-state index contributed by atoms with van der Waals surface area (Å²) in [4.78, 5) is 15.4. The first-order chi connectivity index (χ1) is 8.24. The Hall–Kier alpha value is -1.62. The van der Waals surface area contributed by atoms with Crippen molar-refractivity contribution in [2.75, 3.05) is 6.54 Å². The molecule has 5 heteroatoms. The van der Waals surface area contributed by atoms with Crippen LogP contribution in [-0.4, -0.2) is 28.0 Å².